The predicted octanol–water partition coefficient (Wildman–Crippen LogP) is 4.26. The maximum absolute atomic E-state index is 4.18. The SMILES string of the molecule is C[Si](C)(C)N[Si](C)(C)N1[Si](C)(C)N([Si](C)(C)N[Si](C)(C)C)[Si]1(C)C. The lowest BCUT2D eigenvalue weighted by atomic mass is 11.8. The van der Waals surface area contributed by atoms with Crippen molar-refractivity contribution in [1.82, 2.24) is 17.1 Å². The molecule has 0 aromatic rings. The van der Waals surface area contributed by atoms with Gasteiger partial charge in [-0.2, -0.15) is 0 Å². The van der Waals surface area contributed by atoms with Crippen molar-refractivity contribution in [3.63, 3.8) is 0 Å². The molecule has 1 aliphatic heterocycles. The van der Waals surface area contributed by atoms with E-state index in [1.54, 1.807) is 0 Å². The van der Waals surface area contributed by atoms with Crippen molar-refractivity contribution in [2.45, 2.75) is 91.7 Å². The Morgan fingerprint density at radius 1 is 0.500 bits per heavy atom. The van der Waals surface area contributed by atoms with Crippen LogP contribution in [0.2, 0.25) is 91.7 Å². The monoisotopic (exact) mass is 436 g/mol. The van der Waals surface area contributed by atoms with Crippen LogP contribution in [-0.4, -0.2) is 57.9 Å². The van der Waals surface area contributed by atoms with Crippen LogP contribution in [0.15, 0.2) is 0 Å². The molecule has 0 bridgehead atoms. The van der Waals surface area contributed by atoms with E-state index < -0.39 is 50.1 Å². The van der Waals surface area contributed by atoms with Crippen LogP contribution in [0.25, 0.3) is 0 Å². The molecule has 0 aromatic heterocycles. The Labute approximate surface area is 158 Å². The summed E-state index contributed by atoms with van der Waals surface area (Å²) in [6.07, 6.45) is 0. The Kier molecular flexibility index (Phi) is 6.13. The van der Waals surface area contributed by atoms with Crippen LogP contribution < -0.4 is 9.30 Å². The number of nitrogens with zero attached hydrogens (tertiary/aromatic N) is 2. The minimum absolute atomic E-state index is 1.27. The van der Waals surface area contributed by atoms with Gasteiger partial charge >= 0.3 is 0 Å². The van der Waals surface area contributed by atoms with Crippen LogP contribution in [0.5, 0.6) is 0 Å². The first-order chi connectivity index (χ1) is 10.1. The molecule has 1 aliphatic rings. The van der Waals surface area contributed by atoms with Gasteiger partial charge in [0.1, 0.15) is 16.5 Å². The maximum Gasteiger partial charge on any atom is 0.179 e. The van der Waals surface area contributed by atoms with Crippen LogP contribution in [-0.2, 0) is 0 Å². The third kappa shape index (κ3) is 4.70. The Balaban J connectivity index is 3.21. The lowest BCUT2D eigenvalue weighted by Gasteiger charge is -2.76. The van der Waals surface area contributed by atoms with Gasteiger partial charge in [-0.05, 0) is 52.4 Å². The zero-order valence-electron chi connectivity index (χ0n) is 18.9. The highest BCUT2D eigenvalue weighted by Gasteiger charge is 2.69. The predicted molar refractivity (Wildman–Crippen MR) is 127 cm³/mol. The summed E-state index contributed by atoms with van der Waals surface area (Å²) >= 11 is 0. The molecule has 0 aromatic carbocycles. The summed E-state index contributed by atoms with van der Waals surface area (Å²) in [5, 5.41) is 0. The molecule has 1 saturated heterocycles. The second-order valence-electron chi connectivity index (χ2n) is 11.5. The van der Waals surface area contributed by atoms with E-state index in [1.165, 1.54) is 0 Å². The van der Waals surface area contributed by atoms with Gasteiger partial charge in [0.25, 0.3) is 0 Å². The minimum Gasteiger partial charge on any atom is -0.348 e. The van der Waals surface area contributed by atoms with E-state index in [0.29, 0.717) is 0 Å². The highest BCUT2D eigenvalue weighted by atomic mass is 28.6. The average Bonchev–Trinajstić information content (AvgIpc) is 2.00. The maximum atomic E-state index is 4.18. The average molecular weight is 437 g/mol. The van der Waals surface area contributed by atoms with Gasteiger partial charge in [0.05, 0.1) is 0 Å². The highest BCUT2D eigenvalue weighted by Crippen LogP contribution is 2.45. The van der Waals surface area contributed by atoms with Crippen LogP contribution in [0, 0.1) is 0 Å². The van der Waals surface area contributed by atoms with Gasteiger partial charge < -0.3 is 17.1 Å². The fourth-order valence-corrected chi connectivity index (χ4v) is 60.3. The van der Waals surface area contributed by atoms with Crippen LogP contribution >= 0.6 is 0 Å². The third-order valence-electron chi connectivity index (χ3n) is 4.67. The molecule has 0 atom stereocenters. The van der Waals surface area contributed by atoms with E-state index in [2.05, 4.69) is 109 Å². The molecule has 0 amide bonds. The Hall–Kier alpha value is 1.14. The number of nitrogens with one attached hydrogen (secondary N) is 2. The molecular formula is C14H44N4Si6. The first kappa shape index (κ1) is 23.2. The molecule has 4 nitrogen and oxygen atoms in total. The normalized spacial score (nSPS) is 23.2. The second kappa shape index (κ2) is 6.34. The molecule has 24 heavy (non-hydrogen) atoms. The smallest absolute Gasteiger partial charge is 0.179 e. The van der Waals surface area contributed by atoms with Gasteiger partial charge in [-0.1, -0.05) is 39.3 Å². The number of hydrogen-bond acceptors (Lipinski definition) is 4. The van der Waals surface area contributed by atoms with Crippen molar-refractivity contribution in [1.29, 1.82) is 0 Å². The number of hydrogen-bond donors (Lipinski definition) is 2. The topological polar surface area (TPSA) is 30.5 Å². The first-order valence-electron chi connectivity index (χ1n) is 9.34. The van der Waals surface area contributed by atoms with Gasteiger partial charge in [0, 0.05) is 0 Å². The Bertz CT molecular complexity index is 423. The van der Waals surface area contributed by atoms with Gasteiger partial charge in [0.15, 0.2) is 33.6 Å². The number of rotatable bonds is 6. The van der Waals surface area contributed by atoms with E-state index in [1.807, 2.05) is 0 Å². The summed E-state index contributed by atoms with van der Waals surface area (Å²) in [5.74, 6) is 0. The molecule has 1 fully saturated rings. The van der Waals surface area contributed by atoms with Crippen LogP contribution in [0.1, 0.15) is 0 Å². The fraction of sp³-hybridized carbons (Fsp3) is 1.00. The van der Waals surface area contributed by atoms with Gasteiger partial charge in [-0.25, -0.2) is 0 Å². The summed E-state index contributed by atoms with van der Waals surface area (Å²) in [5.41, 5.74) is 0. The van der Waals surface area contributed by atoms with E-state index in [-0.39, 0.29) is 0 Å². The van der Waals surface area contributed by atoms with E-state index in [4.69, 9.17) is 0 Å². The van der Waals surface area contributed by atoms with Crippen molar-refractivity contribution >= 4 is 50.1 Å². The second-order valence-corrected chi connectivity index (χ2v) is 40.1. The summed E-state index contributed by atoms with van der Waals surface area (Å²) < 4.78 is 14.6. The van der Waals surface area contributed by atoms with Crippen molar-refractivity contribution in [3.05, 3.63) is 0 Å². The molecule has 1 heterocycles. The van der Waals surface area contributed by atoms with E-state index in [0.717, 1.165) is 0 Å². The fourth-order valence-electron chi connectivity index (χ4n) is 6.18. The van der Waals surface area contributed by atoms with Crippen molar-refractivity contribution in [3.8, 4) is 0 Å². The van der Waals surface area contributed by atoms with Crippen molar-refractivity contribution in [2.24, 2.45) is 0 Å². The molecule has 0 unspecified atom stereocenters. The summed E-state index contributed by atoms with van der Waals surface area (Å²) in [4.78, 5) is 0. The molecule has 0 aliphatic carbocycles. The standard InChI is InChI=1S/C14H44N4Si6/c1-19(2,3)15-21(7,8)17-23(11,12)18(24(17,13)14)22(9,10)16-20(4,5)6/h15-16H,1-14H3. The van der Waals surface area contributed by atoms with E-state index in [9.17, 15) is 0 Å². The van der Waals surface area contributed by atoms with E-state index >= 15 is 0 Å². The third-order valence-corrected chi connectivity index (χ3v) is 42.0. The highest BCUT2D eigenvalue weighted by molar-refractivity contribution is 7.21. The molecule has 2 N–H and O–H groups in total. The Morgan fingerprint density at radius 3 is 0.875 bits per heavy atom. The minimum atomic E-state index is -1.57. The first-order valence-corrected chi connectivity index (χ1v) is 28.0. The molecule has 0 spiro atoms. The zero-order chi connectivity index (χ0) is 19.6. The molecule has 144 valence electrons. The molecule has 0 saturated carbocycles. The molecule has 10 heteroatoms. The Morgan fingerprint density at radius 2 is 0.708 bits per heavy atom. The summed E-state index contributed by atoms with van der Waals surface area (Å²) in [7, 11) is -8.77. The molecule has 1 rings (SSSR count). The summed E-state index contributed by atoms with van der Waals surface area (Å²) in [6, 6.07) is 0. The lowest BCUT2D eigenvalue weighted by molar-refractivity contribution is 0.600. The largest absolute Gasteiger partial charge is 0.348 e. The zero-order valence-corrected chi connectivity index (χ0v) is 24.9. The van der Waals surface area contributed by atoms with Crippen LogP contribution in [0.3, 0.4) is 0 Å². The van der Waals surface area contributed by atoms with Crippen LogP contribution in [0.4, 0.5) is 0 Å². The molecular weight excluding hydrogens is 393 g/mol. The van der Waals surface area contributed by atoms with Gasteiger partial charge in [0.2, 0.25) is 0 Å². The quantitative estimate of drug-likeness (QED) is 0.609. The van der Waals surface area contributed by atoms with Crippen molar-refractivity contribution in [2.75, 3.05) is 0 Å². The van der Waals surface area contributed by atoms with Crippen molar-refractivity contribution < 1.29 is 0 Å². The molecule has 0 radical (unpaired) electrons. The summed E-state index contributed by atoms with van der Waals surface area (Å²) in [6.45, 7) is 35.4. The van der Waals surface area contributed by atoms with Gasteiger partial charge in [-0.3, -0.25) is 0 Å². The lowest BCUT2D eigenvalue weighted by Crippen LogP contribution is -3.01. The van der Waals surface area contributed by atoms with Gasteiger partial charge in [-0.15, -0.1) is 0 Å².